The van der Waals surface area contributed by atoms with Crippen LogP contribution in [0, 0.1) is 0 Å². The Labute approximate surface area is 149 Å². The lowest BCUT2D eigenvalue weighted by Gasteiger charge is -2.07. The Morgan fingerprint density at radius 2 is 1.72 bits per heavy atom. The lowest BCUT2D eigenvalue weighted by molar-refractivity contribution is -0.111. The molecule has 1 heterocycles. The lowest BCUT2D eigenvalue weighted by atomic mass is 10.2. The van der Waals surface area contributed by atoms with Gasteiger partial charge in [-0.15, -0.1) is 0 Å². The highest BCUT2D eigenvalue weighted by Gasteiger charge is 2.17. The summed E-state index contributed by atoms with van der Waals surface area (Å²) in [6, 6.07) is 8.57. The Kier molecular flexibility index (Phi) is 5.00. The Morgan fingerprint density at radius 1 is 1.08 bits per heavy atom. The summed E-state index contributed by atoms with van der Waals surface area (Å²) in [6.07, 6.45) is 3.05. The van der Waals surface area contributed by atoms with E-state index in [4.69, 9.17) is 30.5 Å². The zero-order chi connectivity index (χ0) is 17.8. The number of hydrogen-bond donors (Lipinski definition) is 1. The van der Waals surface area contributed by atoms with Gasteiger partial charge in [0.1, 0.15) is 11.5 Å². The molecular formula is C18H16ClNO5. The SMILES string of the molecule is COc1cc(C=CC(=O)Nc2cc3c(cc2Cl)OCO3)cc(OC)c1. The van der Waals surface area contributed by atoms with E-state index < -0.39 is 0 Å². The fourth-order valence-electron chi connectivity index (χ4n) is 2.28. The van der Waals surface area contributed by atoms with Crippen LogP contribution in [0.3, 0.4) is 0 Å². The molecule has 130 valence electrons. The van der Waals surface area contributed by atoms with Gasteiger partial charge in [0.15, 0.2) is 11.5 Å². The number of carbonyl (C=O) groups is 1. The summed E-state index contributed by atoms with van der Waals surface area (Å²) in [4.78, 5) is 12.2. The quantitative estimate of drug-likeness (QED) is 0.822. The fraction of sp³-hybridized carbons (Fsp3) is 0.167. The van der Waals surface area contributed by atoms with E-state index in [9.17, 15) is 4.79 Å². The molecule has 0 saturated carbocycles. The van der Waals surface area contributed by atoms with Gasteiger partial charge >= 0.3 is 0 Å². The molecular weight excluding hydrogens is 346 g/mol. The van der Waals surface area contributed by atoms with Crippen molar-refractivity contribution in [2.75, 3.05) is 26.3 Å². The molecule has 2 aromatic carbocycles. The van der Waals surface area contributed by atoms with E-state index >= 15 is 0 Å². The van der Waals surface area contributed by atoms with Crippen LogP contribution in [0.15, 0.2) is 36.4 Å². The summed E-state index contributed by atoms with van der Waals surface area (Å²) >= 11 is 6.14. The molecule has 0 unspecified atom stereocenters. The van der Waals surface area contributed by atoms with E-state index in [1.165, 1.54) is 6.08 Å². The zero-order valence-electron chi connectivity index (χ0n) is 13.7. The first-order valence-corrected chi connectivity index (χ1v) is 7.78. The molecule has 0 aliphatic carbocycles. The molecule has 0 atom stereocenters. The standard InChI is InChI=1S/C18H16ClNO5/c1-22-12-5-11(6-13(7-12)23-2)3-4-18(21)20-15-9-17-16(8-14(15)19)24-10-25-17/h3-9H,10H2,1-2H3,(H,20,21). The van der Waals surface area contributed by atoms with Crippen LogP contribution in [0.25, 0.3) is 6.08 Å². The number of carbonyl (C=O) groups excluding carboxylic acids is 1. The van der Waals surface area contributed by atoms with Crippen molar-refractivity contribution in [3.8, 4) is 23.0 Å². The minimum Gasteiger partial charge on any atom is -0.497 e. The highest BCUT2D eigenvalue weighted by atomic mass is 35.5. The number of rotatable bonds is 5. The third-order valence-electron chi connectivity index (χ3n) is 3.52. The molecule has 6 nitrogen and oxygen atoms in total. The van der Waals surface area contributed by atoms with Crippen molar-refractivity contribution < 1.29 is 23.7 Å². The van der Waals surface area contributed by atoms with E-state index in [-0.39, 0.29) is 12.7 Å². The zero-order valence-corrected chi connectivity index (χ0v) is 14.4. The van der Waals surface area contributed by atoms with Crippen LogP contribution in [0.2, 0.25) is 5.02 Å². The highest BCUT2D eigenvalue weighted by Crippen LogP contribution is 2.39. The number of methoxy groups -OCH3 is 2. The second-order valence-electron chi connectivity index (χ2n) is 5.15. The predicted molar refractivity (Wildman–Crippen MR) is 94.8 cm³/mol. The number of amides is 1. The Bertz CT molecular complexity index is 812. The monoisotopic (exact) mass is 361 g/mol. The van der Waals surface area contributed by atoms with Gasteiger partial charge in [-0.3, -0.25) is 4.79 Å². The van der Waals surface area contributed by atoms with E-state index in [0.717, 1.165) is 5.56 Å². The summed E-state index contributed by atoms with van der Waals surface area (Å²) in [7, 11) is 3.13. The number of anilines is 1. The summed E-state index contributed by atoms with van der Waals surface area (Å²) in [5, 5.41) is 3.08. The molecule has 1 aliphatic heterocycles. The number of benzene rings is 2. The maximum atomic E-state index is 12.2. The van der Waals surface area contributed by atoms with Crippen molar-refractivity contribution in [3.05, 3.63) is 47.0 Å². The van der Waals surface area contributed by atoms with Gasteiger partial charge in [0.2, 0.25) is 12.7 Å². The van der Waals surface area contributed by atoms with Crippen molar-refractivity contribution in [2.45, 2.75) is 0 Å². The van der Waals surface area contributed by atoms with Crippen LogP contribution < -0.4 is 24.3 Å². The maximum absolute atomic E-state index is 12.2. The number of nitrogens with one attached hydrogen (secondary N) is 1. The van der Waals surface area contributed by atoms with E-state index in [1.54, 1.807) is 50.6 Å². The molecule has 3 rings (SSSR count). The smallest absolute Gasteiger partial charge is 0.248 e. The normalized spacial score (nSPS) is 12.3. The average molecular weight is 362 g/mol. The van der Waals surface area contributed by atoms with Crippen molar-refractivity contribution in [2.24, 2.45) is 0 Å². The molecule has 1 amide bonds. The maximum Gasteiger partial charge on any atom is 0.248 e. The molecule has 1 N–H and O–H groups in total. The number of ether oxygens (including phenoxy) is 4. The molecule has 2 aromatic rings. The number of halogens is 1. The van der Waals surface area contributed by atoms with Gasteiger partial charge < -0.3 is 24.3 Å². The van der Waals surface area contributed by atoms with Gasteiger partial charge in [-0.2, -0.15) is 0 Å². The lowest BCUT2D eigenvalue weighted by Crippen LogP contribution is -2.08. The summed E-state index contributed by atoms with van der Waals surface area (Å²) in [6.45, 7) is 0.140. The Morgan fingerprint density at radius 3 is 2.36 bits per heavy atom. The van der Waals surface area contributed by atoms with Crippen molar-refractivity contribution >= 4 is 29.3 Å². The summed E-state index contributed by atoms with van der Waals surface area (Å²) in [5.74, 6) is 2.04. The van der Waals surface area contributed by atoms with E-state index in [2.05, 4.69) is 5.32 Å². The minimum atomic E-state index is -0.331. The topological polar surface area (TPSA) is 66.0 Å². The third-order valence-corrected chi connectivity index (χ3v) is 3.83. The molecule has 1 aliphatic rings. The molecule has 0 radical (unpaired) electrons. The minimum absolute atomic E-state index is 0.140. The number of hydrogen-bond acceptors (Lipinski definition) is 5. The number of fused-ring (bicyclic) bond motifs is 1. The van der Waals surface area contributed by atoms with Crippen molar-refractivity contribution in [1.82, 2.24) is 0 Å². The molecule has 0 aromatic heterocycles. The van der Waals surface area contributed by atoms with Crippen LogP contribution in [-0.4, -0.2) is 26.9 Å². The molecule has 0 bridgehead atoms. The van der Waals surface area contributed by atoms with E-state index in [0.29, 0.717) is 33.7 Å². The van der Waals surface area contributed by atoms with Gasteiger partial charge in [-0.05, 0) is 23.8 Å². The van der Waals surface area contributed by atoms with Crippen LogP contribution in [0.4, 0.5) is 5.69 Å². The summed E-state index contributed by atoms with van der Waals surface area (Å²) in [5.41, 5.74) is 1.21. The average Bonchev–Trinajstić information content (AvgIpc) is 3.07. The first-order valence-electron chi connectivity index (χ1n) is 7.40. The van der Waals surface area contributed by atoms with E-state index in [1.807, 2.05) is 0 Å². The molecule has 7 heteroatoms. The van der Waals surface area contributed by atoms with Gasteiger partial charge in [0, 0.05) is 24.3 Å². The van der Waals surface area contributed by atoms with Crippen LogP contribution >= 0.6 is 11.6 Å². The molecule has 0 fully saturated rings. The van der Waals surface area contributed by atoms with Gasteiger partial charge in [-0.25, -0.2) is 0 Å². The van der Waals surface area contributed by atoms with Crippen LogP contribution in [0.5, 0.6) is 23.0 Å². The highest BCUT2D eigenvalue weighted by molar-refractivity contribution is 6.34. The molecule has 25 heavy (non-hydrogen) atoms. The Balaban J connectivity index is 1.74. The fourth-order valence-corrected chi connectivity index (χ4v) is 2.49. The van der Waals surface area contributed by atoms with Crippen LogP contribution in [0.1, 0.15) is 5.56 Å². The van der Waals surface area contributed by atoms with Gasteiger partial charge in [0.25, 0.3) is 0 Å². The second kappa shape index (κ2) is 7.36. The van der Waals surface area contributed by atoms with Crippen LogP contribution in [-0.2, 0) is 4.79 Å². The van der Waals surface area contributed by atoms with Crippen molar-refractivity contribution in [3.63, 3.8) is 0 Å². The predicted octanol–water partition coefficient (Wildman–Crippen LogP) is 3.74. The third kappa shape index (κ3) is 3.97. The van der Waals surface area contributed by atoms with Gasteiger partial charge in [0.05, 0.1) is 24.9 Å². The Hall–Kier alpha value is -2.86. The first kappa shape index (κ1) is 17.0. The molecule has 0 spiro atoms. The second-order valence-corrected chi connectivity index (χ2v) is 5.56. The molecule has 0 saturated heterocycles. The van der Waals surface area contributed by atoms with Crippen molar-refractivity contribution in [1.29, 1.82) is 0 Å². The van der Waals surface area contributed by atoms with Gasteiger partial charge in [-0.1, -0.05) is 11.6 Å². The first-order chi connectivity index (χ1) is 12.1. The largest absolute Gasteiger partial charge is 0.497 e. The summed E-state index contributed by atoms with van der Waals surface area (Å²) < 4.78 is 20.9.